The summed E-state index contributed by atoms with van der Waals surface area (Å²) in [7, 11) is 3.68. The van der Waals surface area contributed by atoms with Crippen LogP contribution in [0.3, 0.4) is 0 Å². The van der Waals surface area contributed by atoms with E-state index in [1.165, 1.54) is 0 Å². The first-order valence-corrected chi connectivity index (χ1v) is 4.34. The largest absolute Gasteiger partial charge is 0.478 e. The fourth-order valence-corrected chi connectivity index (χ4v) is 1.42. The summed E-state index contributed by atoms with van der Waals surface area (Å²) in [5.74, 6) is 0. The Labute approximate surface area is 68.4 Å². The van der Waals surface area contributed by atoms with Gasteiger partial charge in [0.15, 0.2) is 0 Å². The molecule has 0 aromatic carbocycles. The van der Waals surface area contributed by atoms with Crippen molar-refractivity contribution in [3.63, 3.8) is 0 Å². The van der Waals surface area contributed by atoms with Crippen LogP contribution in [-0.2, 0) is 0 Å². The Morgan fingerprint density at radius 3 is 2.64 bits per heavy atom. The standard InChI is InChI=1S/C8H18N2O/c1-9-4-7-10-5-2-8(11)3-6-10/h8,11H,1-7,9H2. The van der Waals surface area contributed by atoms with Gasteiger partial charge in [-0.05, 0) is 12.8 Å². The second-order valence-electron chi connectivity index (χ2n) is 3.15. The van der Waals surface area contributed by atoms with Crippen LogP contribution >= 0.6 is 0 Å². The minimum atomic E-state index is -0.0463. The third-order valence-corrected chi connectivity index (χ3v) is 2.21. The number of piperidine rings is 1. The van der Waals surface area contributed by atoms with Gasteiger partial charge in [0.05, 0.1) is 12.6 Å². The Morgan fingerprint density at radius 1 is 1.45 bits per heavy atom. The average molecular weight is 158 g/mol. The van der Waals surface area contributed by atoms with Gasteiger partial charge in [-0.15, -0.1) is 0 Å². The van der Waals surface area contributed by atoms with Crippen molar-refractivity contribution < 1.29 is 10.4 Å². The normalized spacial score (nSPS) is 22.4. The van der Waals surface area contributed by atoms with Gasteiger partial charge in [0.1, 0.15) is 0 Å². The van der Waals surface area contributed by atoms with Crippen LogP contribution in [0.25, 0.3) is 0 Å². The summed E-state index contributed by atoms with van der Waals surface area (Å²) >= 11 is 0. The molecule has 1 aliphatic heterocycles. The first-order chi connectivity index (χ1) is 5.33. The highest BCUT2D eigenvalue weighted by Crippen LogP contribution is 2.08. The quantitative estimate of drug-likeness (QED) is 0.506. The van der Waals surface area contributed by atoms with Gasteiger partial charge in [0, 0.05) is 19.6 Å². The molecule has 0 spiro atoms. The van der Waals surface area contributed by atoms with Crippen LogP contribution in [-0.4, -0.2) is 42.3 Å². The van der Waals surface area contributed by atoms with Crippen LogP contribution in [0.1, 0.15) is 12.8 Å². The zero-order chi connectivity index (χ0) is 8.10. The number of hydrogen-bond donors (Lipinski definition) is 2. The van der Waals surface area contributed by atoms with Crippen molar-refractivity contribution in [3.8, 4) is 0 Å². The van der Waals surface area contributed by atoms with Gasteiger partial charge in [0.25, 0.3) is 0 Å². The highest BCUT2D eigenvalue weighted by Gasteiger charge is 2.15. The Balaban J connectivity index is 2.07. The van der Waals surface area contributed by atoms with Gasteiger partial charge in [-0.1, -0.05) is 0 Å². The van der Waals surface area contributed by atoms with Gasteiger partial charge in [-0.3, -0.25) is 4.90 Å². The molecule has 0 amide bonds. The van der Waals surface area contributed by atoms with Gasteiger partial charge in [0.2, 0.25) is 0 Å². The zero-order valence-corrected chi connectivity index (χ0v) is 7.00. The van der Waals surface area contributed by atoms with Crippen LogP contribution < -0.4 is 5.32 Å². The lowest BCUT2D eigenvalue weighted by Gasteiger charge is -2.28. The molecule has 0 aromatic rings. The van der Waals surface area contributed by atoms with E-state index in [4.69, 9.17) is 0 Å². The molecule has 0 aromatic heterocycles. The summed E-state index contributed by atoms with van der Waals surface area (Å²) in [6.45, 7) is 4.27. The van der Waals surface area contributed by atoms with E-state index in [-0.39, 0.29) is 6.10 Å². The van der Waals surface area contributed by atoms with E-state index in [9.17, 15) is 5.11 Å². The highest BCUT2D eigenvalue weighted by molar-refractivity contribution is 4.70. The second kappa shape index (κ2) is 4.70. The number of quaternary nitrogens is 1. The molecule has 1 heterocycles. The lowest BCUT2D eigenvalue weighted by Crippen LogP contribution is -2.78. The molecular weight excluding hydrogens is 140 g/mol. The molecule has 0 saturated carbocycles. The molecule has 3 nitrogen and oxygen atoms in total. The summed E-state index contributed by atoms with van der Waals surface area (Å²) < 4.78 is 0. The van der Waals surface area contributed by atoms with Crippen LogP contribution in [0.5, 0.6) is 0 Å². The van der Waals surface area contributed by atoms with Crippen LogP contribution in [0, 0.1) is 7.05 Å². The molecule has 1 rings (SSSR count). The maximum Gasteiger partial charge on any atom is 0.0645 e. The Bertz CT molecular complexity index is 97.5. The van der Waals surface area contributed by atoms with E-state index in [0.717, 1.165) is 39.0 Å². The van der Waals surface area contributed by atoms with Crippen molar-refractivity contribution in [2.45, 2.75) is 18.9 Å². The maximum absolute atomic E-state index is 9.21. The lowest BCUT2D eigenvalue weighted by molar-refractivity contribution is -0.595. The monoisotopic (exact) mass is 158 g/mol. The number of nitrogens with two attached hydrogens (primary N) is 1. The van der Waals surface area contributed by atoms with Crippen molar-refractivity contribution in [2.24, 2.45) is 0 Å². The molecule has 66 valence electrons. The minimum Gasteiger partial charge on any atom is -0.478 e. The third kappa shape index (κ3) is 3.18. The highest BCUT2D eigenvalue weighted by atomic mass is 16.3. The maximum atomic E-state index is 9.21. The minimum absolute atomic E-state index is 0.0463. The number of hydrogen-bond acceptors (Lipinski definition) is 2. The number of aliphatic hydroxyl groups excluding tert-OH is 1. The smallest absolute Gasteiger partial charge is 0.0645 e. The van der Waals surface area contributed by atoms with E-state index in [2.05, 4.69) is 11.9 Å². The predicted octanol–water partition coefficient (Wildman–Crippen LogP) is -1.20. The number of aliphatic hydroxyl groups is 1. The van der Waals surface area contributed by atoms with Crippen molar-refractivity contribution in [3.05, 3.63) is 7.05 Å². The van der Waals surface area contributed by atoms with E-state index in [1.807, 2.05) is 5.32 Å². The molecule has 3 N–H and O–H groups in total. The molecule has 3 heteroatoms. The van der Waals surface area contributed by atoms with Crippen LogP contribution in [0.2, 0.25) is 0 Å². The molecule has 0 unspecified atom stereocenters. The van der Waals surface area contributed by atoms with Crippen molar-refractivity contribution in [2.75, 3.05) is 26.2 Å². The van der Waals surface area contributed by atoms with Crippen molar-refractivity contribution in [1.82, 2.24) is 4.90 Å². The van der Waals surface area contributed by atoms with Gasteiger partial charge in [-0.2, -0.15) is 7.05 Å². The SMILES string of the molecule is [CH2-][NH2+]CCN1CCC(O)CC1. The first kappa shape index (κ1) is 8.97. The zero-order valence-electron chi connectivity index (χ0n) is 7.00. The topological polar surface area (TPSA) is 40.1 Å². The molecule has 1 saturated heterocycles. The summed E-state index contributed by atoms with van der Waals surface area (Å²) in [4.78, 5) is 2.38. The average Bonchev–Trinajstić information content (AvgIpc) is 2.04. The number of rotatable bonds is 3. The molecule has 0 atom stereocenters. The molecule has 1 fully saturated rings. The Hall–Kier alpha value is -0.120. The Kier molecular flexibility index (Phi) is 3.83. The van der Waals surface area contributed by atoms with Gasteiger partial charge >= 0.3 is 0 Å². The fraction of sp³-hybridized carbons (Fsp3) is 0.875. The van der Waals surface area contributed by atoms with Crippen molar-refractivity contribution in [1.29, 1.82) is 0 Å². The van der Waals surface area contributed by atoms with E-state index in [0.29, 0.717) is 0 Å². The van der Waals surface area contributed by atoms with E-state index >= 15 is 0 Å². The number of nitrogens with zero attached hydrogens (tertiary/aromatic N) is 1. The summed E-state index contributed by atoms with van der Waals surface area (Å²) in [5, 5.41) is 11.2. The van der Waals surface area contributed by atoms with Crippen LogP contribution in [0.15, 0.2) is 0 Å². The van der Waals surface area contributed by atoms with Crippen molar-refractivity contribution >= 4 is 0 Å². The predicted molar refractivity (Wildman–Crippen MR) is 43.8 cm³/mol. The van der Waals surface area contributed by atoms with Gasteiger partial charge in [-0.25, -0.2) is 0 Å². The lowest BCUT2D eigenvalue weighted by atomic mass is 10.1. The summed E-state index contributed by atoms with van der Waals surface area (Å²) in [5.41, 5.74) is 0. The number of likely N-dealkylation sites (tertiary alicyclic amines) is 1. The molecule has 0 radical (unpaired) electrons. The molecule has 0 aliphatic carbocycles. The first-order valence-electron chi connectivity index (χ1n) is 4.34. The third-order valence-electron chi connectivity index (χ3n) is 2.21. The molecule has 1 aliphatic rings. The Morgan fingerprint density at radius 2 is 2.09 bits per heavy atom. The molecule has 0 bridgehead atoms. The molecular formula is C8H18N2O. The second-order valence-corrected chi connectivity index (χ2v) is 3.15. The fourth-order valence-electron chi connectivity index (χ4n) is 1.42. The van der Waals surface area contributed by atoms with Gasteiger partial charge < -0.3 is 10.4 Å². The van der Waals surface area contributed by atoms with E-state index in [1.54, 1.807) is 0 Å². The van der Waals surface area contributed by atoms with Crippen LogP contribution in [0.4, 0.5) is 0 Å². The molecule has 11 heavy (non-hydrogen) atoms. The van der Waals surface area contributed by atoms with E-state index < -0.39 is 0 Å². The summed E-state index contributed by atoms with van der Waals surface area (Å²) in [6, 6.07) is 0. The summed E-state index contributed by atoms with van der Waals surface area (Å²) in [6.07, 6.45) is 1.84.